The second-order valence-corrected chi connectivity index (χ2v) is 8.03. The molecule has 2 aliphatic rings. The zero-order valence-electron chi connectivity index (χ0n) is 16.1. The normalized spacial score (nSPS) is 16.0. The number of ether oxygens (including phenoxy) is 1. The van der Waals surface area contributed by atoms with Gasteiger partial charge in [0, 0.05) is 18.8 Å². The van der Waals surface area contributed by atoms with Crippen molar-refractivity contribution in [2.24, 2.45) is 0 Å². The second kappa shape index (κ2) is 7.05. The fourth-order valence-electron chi connectivity index (χ4n) is 4.69. The van der Waals surface area contributed by atoms with Crippen molar-refractivity contribution in [1.29, 1.82) is 0 Å². The fourth-order valence-corrected chi connectivity index (χ4v) is 4.69. The quantitative estimate of drug-likeness (QED) is 0.712. The molecule has 0 aliphatic heterocycles. The Hall–Kier alpha value is -3.11. The highest BCUT2D eigenvalue weighted by molar-refractivity contribution is 5.79. The van der Waals surface area contributed by atoms with Crippen molar-refractivity contribution < 1.29 is 14.6 Å². The molecule has 0 saturated heterocycles. The zero-order valence-corrected chi connectivity index (χ0v) is 16.1. The molecule has 0 spiro atoms. The predicted octanol–water partition coefficient (Wildman–Crippen LogP) is 4.06. The van der Waals surface area contributed by atoms with Gasteiger partial charge in [-0.1, -0.05) is 72.8 Å². The van der Waals surface area contributed by atoms with Crippen molar-refractivity contribution in [3.63, 3.8) is 0 Å². The van der Waals surface area contributed by atoms with Crippen LogP contribution in [0.1, 0.15) is 28.2 Å². The first-order chi connectivity index (χ1) is 14.1. The van der Waals surface area contributed by atoms with E-state index >= 15 is 0 Å². The second-order valence-electron chi connectivity index (χ2n) is 8.03. The van der Waals surface area contributed by atoms with Gasteiger partial charge in [0.2, 0.25) is 0 Å². The Kier molecular flexibility index (Phi) is 4.36. The van der Waals surface area contributed by atoms with Gasteiger partial charge in [-0.25, -0.2) is 4.79 Å². The van der Waals surface area contributed by atoms with Gasteiger partial charge in [-0.3, -0.25) is 0 Å². The Morgan fingerprint density at radius 1 is 0.897 bits per heavy atom. The summed E-state index contributed by atoms with van der Waals surface area (Å²) in [5.41, 5.74) is 6.12. The van der Waals surface area contributed by atoms with Gasteiger partial charge in [0.1, 0.15) is 6.61 Å². The Morgan fingerprint density at radius 3 is 2.00 bits per heavy atom. The van der Waals surface area contributed by atoms with Gasteiger partial charge in [0.05, 0.1) is 12.1 Å². The third-order valence-corrected chi connectivity index (χ3v) is 6.06. The van der Waals surface area contributed by atoms with Crippen LogP contribution in [0.2, 0.25) is 0 Å². The Balaban J connectivity index is 1.22. The Labute approximate surface area is 170 Å². The number of carbonyl (C=O) groups is 1. The van der Waals surface area contributed by atoms with E-state index < -0.39 is 11.7 Å². The van der Waals surface area contributed by atoms with Gasteiger partial charge in [0.15, 0.2) is 0 Å². The largest absolute Gasteiger partial charge is 0.449 e. The van der Waals surface area contributed by atoms with E-state index in [1.165, 1.54) is 22.3 Å². The van der Waals surface area contributed by atoms with E-state index in [1.807, 2.05) is 48.5 Å². The van der Waals surface area contributed by atoms with Gasteiger partial charge in [-0.15, -0.1) is 0 Å². The molecule has 146 valence electrons. The molecule has 0 aromatic heterocycles. The van der Waals surface area contributed by atoms with Gasteiger partial charge >= 0.3 is 6.09 Å². The van der Waals surface area contributed by atoms with Crippen LogP contribution >= 0.6 is 0 Å². The topological polar surface area (TPSA) is 58.6 Å². The zero-order chi connectivity index (χ0) is 19.8. The maximum Gasteiger partial charge on any atom is 0.407 e. The van der Waals surface area contributed by atoms with Crippen molar-refractivity contribution in [2.75, 3.05) is 13.2 Å². The summed E-state index contributed by atoms with van der Waals surface area (Å²) < 4.78 is 5.56. The number of carbonyl (C=O) groups excluding carboxylic acids is 1. The summed E-state index contributed by atoms with van der Waals surface area (Å²) in [6, 6.07) is 24.5. The molecule has 1 amide bonds. The molecule has 3 aromatic carbocycles. The highest BCUT2D eigenvalue weighted by atomic mass is 16.5. The lowest BCUT2D eigenvalue weighted by Gasteiger charge is -2.22. The van der Waals surface area contributed by atoms with Crippen LogP contribution < -0.4 is 5.32 Å². The summed E-state index contributed by atoms with van der Waals surface area (Å²) in [7, 11) is 0. The van der Waals surface area contributed by atoms with Gasteiger partial charge in [-0.05, 0) is 33.4 Å². The van der Waals surface area contributed by atoms with Crippen molar-refractivity contribution in [1.82, 2.24) is 5.32 Å². The molecule has 4 nitrogen and oxygen atoms in total. The molecule has 0 saturated carbocycles. The summed E-state index contributed by atoms with van der Waals surface area (Å²) >= 11 is 0. The van der Waals surface area contributed by atoms with E-state index in [4.69, 9.17) is 4.74 Å². The monoisotopic (exact) mass is 385 g/mol. The molecule has 0 fully saturated rings. The van der Waals surface area contributed by atoms with Crippen LogP contribution in [0, 0.1) is 0 Å². The Morgan fingerprint density at radius 2 is 1.41 bits per heavy atom. The lowest BCUT2D eigenvalue weighted by Crippen LogP contribution is -2.44. The third kappa shape index (κ3) is 3.30. The van der Waals surface area contributed by atoms with E-state index in [1.54, 1.807) is 0 Å². The first-order valence-corrected chi connectivity index (χ1v) is 10.0. The number of hydrogen-bond acceptors (Lipinski definition) is 3. The van der Waals surface area contributed by atoms with Crippen molar-refractivity contribution in [3.8, 4) is 11.1 Å². The molecule has 0 radical (unpaired) electrons. The third-order valence-electron chi connectivity index (χ3n) is 6.06. The van der Waals surface area contributed by atoms with Crippen molar-refractivity contribution in [3.05, 3.63) is 95.1 Å². The first kappa shape index (κ1) is 18.0. The molecule has 0 heterocycles. The fraction of sp³-hybridized carbons (Fsp3) is 0.240. The number of fused-ring (bicyclic) bond motifs is 4. The standard InChI is InChI=1S/C25H23NO3/c27-24(26-16-25(28)13-17-7-1-2-8-18(17)14-25)29-15-23-21-11-5-3-9-19(21)20-10-4-6-12-22(20)23/h1-12,23,28H,13-16H2,(H,26,27). The molecule has 3 aromatic rings. The lowest BCUT2D eigenvalue weighted by molar-refractivity contribution is 0.0482. The Bertz CT molecular complexity index is 1000. The molecular weight excluding hydrogens is 362 g/mol. The highest BCUT2D eigenvalue weighted by Gasteiger charge is 2.35. The molecule has 2 aliphatic carbocycles. The minimum absolute atomic E-state index is 0.0342. The van der Waals surface area contributed by atoms with Crippen molar-refractivity contribution >= 4 is 6.09 Å². The maximum absolute atomic E-state index is 12.4. The number of hydrogen-bond donors (Lipinski definition) is 2. The maximum atomic E-state index is 12.4. The minimum Gasteiger partial charge on any atom is -0.449 e. The average molecular weight is 385 g/mol. The number of aliphatic hydroxyl groups is 1. The number of rotatable bonds is 4. The number of amides is 1. The lowest BCUT2D eigenvalue weighted by atomic mass is 9.98. The van der Waals surface area contributed by atoms with Crippen LogP contribution in [0.3, 0.4) is 0 Å². The molecular formula is C25H23NO3. The van der Waals surface area contributed by atoms with Crippen molar-refractivity contribution in [2.45, 2.75) is 24.4 Å². The smallest absolute Gasteiger partial charge is 0.407 e. The molecule has 0 bridgehead atoms. The summed E-state index contributed by atoms with van der Waals surface area (Å²) in [4.78, 5) is 12.4. The molecule has 0 atom stereocenters. The van der Waals surface area contributed by atoms with Crippen LogP contribution in [-0.4, -0.2) is 30.0 Å². The molecule has 29 heavy (non-hydrogen) atoms. The van der Waals surface area contributed by atoms with Gasteiger partial charge < -0.3 is 15.2 Å². The predicted molar refractivity (Wildman–Crippen MR) is 112 cm³/mol. The summed E-state index contributed by atoms with van der Waals surface area (Å²) in [6.07, 6.45) is 0.607. The number of alkyl carbamates (subject to hydrolysis) is 1. The van der Waals surface area contributed by atoms with Crippen LogP contribution in [0.4, 0.5) is 4.79 Å². The highest BCUT2D eigenvalue weighted by Crippen LogP contribution is 2.44. The van der Waals surface area contributed by atoms with Crippen LogP contribution in [0.25, 0.3) is 11.1 Å². The number of nitrogens with one attached hydrogen (secondary N) is 1. The average Bonchev–Trinajstić information content (AvgIpc) is 3.25. The molecule has 0 unspecified atom stereocenters. The molecule has 5 rings (SSSR count). The van der Waals surface area contributed by atoms with Gasteiger partial charge in [0.25, 0.3) is 0 Å². The number of benzene rings is 3. The van der Waals surface area contributed by atoms with Gasteiger partial charge in [-0.2, -0.15) is 0 Å². The van der Waals surface area contributed by atoms with Crippen LogP contribution in [0.5, 0.6) is 0 Å². The first-order valence-electron chi connectivity index (χ1n) is 10.0. The van der Waals surface area contributed by atoms with E-state index in [9.17, 15) is 9.90 Å². The van der Waals surface area contributed by atoms with E-state index in [2.05, 4.69) is 29.6 Å². The summed E-state index contributed by atoms with van der Waals surface area (Å²) in [5.74, 6) is 0.0342. The molecule has 4 heteroatoms. The van der Waals surface area contributed by atoms with E-state index in [0.29, 0.717) is 12.8 Å². The van der Waals surface area contributed by atoms with Crippen LogP contribution in [0.15, 0.2) is 72.8 Å². The van der Waals surface area contributed by atoms with E-state index in [-0.39, 0.29) is 19.1 Å². The minimum atomic E-state index is -0.949. The summed E-state index contributed by atoms with van der Waals surface area (Å²) in [5, 5.41) is 13.6. The molecule has 2 N–H and O–H groups in total. The summed E-state index contributed by atoms with van der Waals surface area (Å²) in [6.45, 7) is 0.455. The van der Waals surface area contributed by atoms with Crippen LogP contribution in [-0.2, 0) is 17.6 Å². The SMILES string of the molecule is O=C(NCC1(O)Cc2ccccc2C1)OCC1c2ccccc2-c2ccccc21. The van der Waals surface area contributed by atoms with E-state index in [0.717, 1.165) is 11.1 Å².